The van der Waals surface area contributed by atoms with E-state index in [-0.39, 0.29) is 12.0 Å². The number of nitrogens with one attached hydrogen (secondary N) is 2. The van der Waals surface area contributed by atoms with E-state index >= 15 is 0 Å². The van der Waals surface area contributed by atoms with Crippen LogP contribution < -0.4 is 5.32 Å². The largest absolute Gasteiger partial charge is 0.445 e. The van der Waals surface area contributed by atoms with Crippen molar-refractivity contribution < 1.29 is 9.53 Å². The monoisotopic (exact) mass is 268 g/mol. The molecule has 2 N–H and O–H groups in total. The fourth-order valence-electron chi connectivity index (χ4n) is 3.57. The number of fused-ring (bicyclic) bond motifs is 1. The molecule has 0 bridgehead atoms. The molecular weight excluding hydrogens is 252 g/mol. The molecule has 0 unspecified atom stereocenters. The van der Waals surface area contributed by atoms with Crippen LogP contribution in [0.4, 0.5) is 0 Å². The van der Waals surface area contributed by atoms with Gasteiger partial charge in [-0.05, 0) is 38.1 Å². The summed E-state index contributed by atoms with van der Waals surface area (Å²) in [6.07, 6.45) is 4.87. The van der Waals surface area contributed by atoms with Gasteiger partial charge in [0.1, 0.15) is 0 Å². The quantitative estimate of drug-likeness (QED) is 0.778. The second kappa shape index (κ2) is 3.73. The number of ether oxygens (including phenoxy) is 1. The summed E-state index contributed by atoms with van der Waals surface area (Å²) in [5.74, 6) is -0.221. The van der Waals surface area contributed by atoms with Gasteiger partial charge in [-0.25, -0.2) is 4.79 Å². The van der Waals surface area contributed by atoms with Crippen LogP contribution in [0.5, 0.6) is 0 Å². The molecule has 2 aliphatic rings. The van der Waals surface area contributed by atoms with Crippen LogP contribution in [0.15, 0.2) is 36.0 Å². The van der Waals surface area contributed by atoms with Crippen molar-refractivity contribution >= 4 is 16.9 Å². The molecule has 0 fully saturated rings. The Balaban J connectivity index is 2.06. The molecule has 1 aliphatic heterocycles. The molecule has 102 valence electrons. The highest BCUT2D eigenvalue weighted by molar-refractivity contribution is 5.95. The first-order chi connectivity index (χ1) is 9.65. The summed E-state index contributed by atoms with van der Waals surface area (Å²) in [5, 5.41) is 4.51. The number of carbonyl (C=O) groups is 1. The number of carbonyl (C=O) groups excluding carboxylic acids is 1. The number of benzene rings is 1. The fraction of sp³-hybridized carbons (Fsp3) is 0.312. The first kappa shape index (κ1) is 11.7. The number of H-pyrrole nitrogens is 1. The van der Waals surface area contributed by atoms with Crippen molar-refractivity contribution in [3.63, 3.8) is 0 Å². The molecule has 0 radical (unpaired) electrons. The maximum atomic E-state index is 12.0. The van der Waals surface area contributed by atoms with Crippen molar-refractivity contribution in [3.8, 4) is 0 Å². The summed E-state index contributed by atoms with van der Waals surface area (Å²) >= 11 is 0. The minimum atomic E-state index is -0.676. The smallest absolute Gasteiger partial charge is 0.334 e. The maximum absolute atomic E-state index is 12.0. The predicted molar refractivity (Wildman–Crippen MR) is 76.4 cm³/mol. The molecule has 0 saturated heterocycles. The molecule has 1 aliphatic carbocycles. The zero-order chi connectivity index (χ0) is 13.9. The Morgan fingerprint density at radius 2 is 2.30 bits per heavy atom. The van der Waals surface area contributed by atoms with E-state index < -0.39 is 5.60 Å². The molecule has 1 aromatic heterocycles. The number of hydrogen-bond acceptors (Lipinski definition) is 3. The van der Waals surface area contributed by atoms with Crippen molar-refractivity contribution in [2.75, 3.05) is 7.05 Å². The van der Waals surface area contributed by atoms with E-state index in [1.54, 1.807) is 0 Å². The van der Waals surface area contributed by atoms with Gasteiger partial charge in [-0.1, -0.05) is 12.1 Å². The van der Waals surface area contributed by atoms with Gasteiger partial charge in [0, 0.05) is 28.2 Å². The summed E-state index contributed by atoms with van der Waals surface area (Å²) in [5.41, 5.74) is 3.45. The van der Waals surface area contributed by atoms with E-state index in [1.165, 1.54) is 10.9 Å². The Hall–Kier alpha value is -2.07. The lowest BCUT2D eigenvalue weighted by Crippen LogP contribution is -2.50. The summed E-state index contributed by atoms with van der Waals surface area (Å²) < 4.78 is 5.81. The lowest BCUT2D eigenvalue weighted by atomic mass is 9.76. The van der Waals surface area contributed by atoms with Crippen LogP contribution in [0.1, 0.15) is 18.1 Å². The first-order valence-electron chi connectivity index (χ1n) is 6.85. The van der Waals surface area contributed by atoms with Crippen molar-refractivity contribution in [3.05, 3.63) is 47.2 Å². The molecule has 4 rings (SSSR count). The van der Waals surface area contributed by atoms with Crippen LogP contribution in [0.3, 0.4) is 0 Å². The second-order valence-corrected chi connectivity index (χ2v) is 5.60. The number of aromatic nitrogens is 1. The second-order valence-electron chi connectivity index (χ2n) is 5.60. The Morgan fingerprint density at radius 1 is 1.45 bits per heavy atom. The fourth-order valence-corrected chi connectivity index (χ4v) is 3.57. The van der Waals surface area contributed by atoms with Crippen LogP contribution in [-0.4, -0.2) is 24.0 Å². The molecule has 0 saturated carbocycles. The van der Waals surface area contributed by atoms with Gasteiger partial charge in [0.2, 0.25) is 0 Å². The van der Waals surface area contributed by atoms with Gasteiger partial charge in [-0.3, -0.25) is 0 Å². The number of esters is 1. The predicted octanol–water partition coefficient (Wildman–Crippen LogP) is 2.01. The molecule has 20 heavy (non-hydrogen) atoms. The van der Waals surface area contributed by atoms with Gasteiger partial charge in [0.15, 0.2) is 5.60 Å². The zero-order valence-electron chi connectivity index (χ0n) is 11.5. The number of rotatable bonds is 1. The lowest BCUT2D eigenvalue weighted by Gasteiger charge is -2.39. The molecule has 2 atom stereocenters. The highest BCUT2D eigenvalue weighted by Crippen LogP contribution is 2.46. The number of hydrogen-bond donors (Lipinski definition) is 2. The SMILES string of the molecule is CN[C@@H]1Cc2c[nH]c3cccc(c23)[C@@]12C=C(C)C(=O)O2. The van der Waals surface area contributed by atoms with Gasteiger partial charge in [0.25, 0.3) is 0 Å². The standard InChI is InChI=1S/C16H16N2O2/c1-9-7-16(20-15(9)19)11-4-3-5-12-14(11)10(8-18-12)6-13(16)17-2/h3-5,7-8,13,17-18H,6H2,1-2H3/t13-,16+/m1/s1. The summed E-state index contributed by atoms with van der Waals surface area (Å²) in [4.78, 5) is 15.3. The third kappa shape index (κ3) is 1.27. The van der Waals surface area contributed by atoms with Gasteiger partial charge in [0.05, 0.1) is 6.04 Å². The molecule has 2 aromatic rings. The Morgan fingerprint density at radius 3 is 3.00 bits per heavy atom. The van der Waals surface area contributed by atoms with E-state index in [0.717, 1.165) is 17.5 Å². The maximum Gasteiger partial charge on any atom is 0.334 e. The number of aromatic amines is 1. The lowest BCUT2D eigenvalue weighted by molar-refractivity contribution is -0.149. The average Bonchev–Trinajstić information content (AvgIpc) is 2.98. The molecule has 2 heterocycles. The van der Waals surface area contributed by atoms with Gasteiger partial charge >= 0.3 is 5.97 Å². The normalized spacial score (nSPS) is 28.0. The highest BCUT2D eigenvalue weighted by Gasteiger charge is 2.50. The summed E-state index contributed by atoms with van der Waals surface area (Å²) in [6, 6.07) is 6.18. The Labute approximate surface area is 116 Å². The zero-order valence-corrected chi connectivity index (χ0v) is 11.5. The van der Waals surface area contributed by atoms with Crippen LogP contribution >= 0.6 is 0 Å². The molecular formula is C16H16N2O2. The van der Waals surface area contributed by atoms with Crippen LogP contribution in [0.2, 0.25) is 0 Å². The van der Waals surface area contributed by atoms with Crippen molar-refractivity contribution in [1.82, 2.24) is 10.3 Å². The molecule has 1 spiro atoms. The third-order valence-corrected chi connectivity index (χ3v) is 4.51. The van der Waals surface area contributed by atoms with Gasteiger partial charge in [-0.15, -0.1) is 0 Å². The highest BCUT2D eigenvalue weighted by atomic mass is 16.6. The summed E-state index contributed by atoms with van der Waals surface area (Å²) in [7, 11) is 1.92. The van der Waals surface area contributed by atoms with Gasteiger partial charge in [-0.2, -0.15) is 0 Å². The van der Waals surface area contributed by atoms with Crippen molar-refractivity contribution in [2.24, 2.45) is 0 Å². The summed E-state index contributed by atoms with van der Waals surface area (Å²) in [6.45, 7) is 1.82. The van der Waals surface area contributed by atoms with Crippen LogP contribution in [-0.2, 0) is 21.6 Å². The average molecular weight is 268 g/mol. The van der Waals surface area contributed by atoms with E-state index in [4.69, 9.17) is 4.74 Å². The minimum absolute atomic E-state index is 0.0535. The van der Waals surface area contributed by atoms with E-state index in [9.17, 15) is 4.79 Å². The molecule has 1 aromatic carbocycles. The van der Waals surface area contributed by atoms with Crippen molar-refractivity contribution in [1.29, 1.82) is 0 Å². The van der Waals surface area contributed by atoms with E-state index in [2.05, 4.69) is 28.6 Å². The topological polar surface area (TPSA) is 54.1 Å². The molecule has 4 nitrogen and oxygen atoms in total. The Kier molecular flexibility index (Phi) is 2.19. The van der Waals surface area contributed by atoms with E-state index in [0.29, 0.717) is 5.57 Å². The van der Waals surface area contributed by atoms with Crippen LogP contribution in [0.25, 0.3) is 10.9 Å². The molecule has 4 heteroatoms. The Bertz CT molecular complexity index is 759. The third-order valence-electron chi connectivity index (χ3n) is 4.51. The van der Waals surface area contributed by atoms with E-state index in [1.807, 2.05) is 26.1 Å². The first-order valence-corrected chi connectivity index (χ1v) is 6.85. The van der Waals surface area contributed by atoms with Gasteiger partial charge < -0.3 is 15.0 Å². The minimum Gasteiger partial charge on any atom is -0.445 e. The number of likely N-dealkylation sites (N-methyl/N-ethyl adjacent to an activating group) is 1. The molecule has 0 amide bonds. The van der Waals surface area contributed by atoms with Crippen LogP contribution in [0, 0.1) is 0 Å². The van der Waals surface area contributed by atoms with Crippen molar-refractivity contribution in [2.45, 2.75) is 25.0 Å².